The molecule has 0 saturated carbocycles. The highest BCUT2D eigenvalue weighted by Gasteiger charge is 2.30. The lowest BCUT2D eigenvalue weighted by Gasteiger charge is -2.05. The molecule has 0 bridgehead atoms. The van der Waals surface area contributed by atoms with Crippen LogP contribution in [0.5, 0.6) is 0 Å². The largest absolute Gasteiger partial charge is 0.416 e. The fourth-order valence-electron chi connectivity index (χ4n) is 2.11. The summed E-state index contributed by atoms with van der Waals surface area (Å²) in [5.74, 6) is 0.287. The fraction of sp³-hybridized carbons (Fsp3) is 0.0667. The maximum atomic E-state index is 12.7. The number of fused-ring (bicyclic) bond motifs is 1. The first-order valence-corrected chi connectivity index (χ1v) is 6.61. The number of imidazole rings is 1. The first-order valence-electron chi connectivity index (χ1n) is 6.61. The zero-order valence-electron chi connectivity index (χ0n) is 12.1. The van der Waals surface area contributed by atoms with Gasteiger partial charge in [0.2, 0.25) is 5.95 Å². The lowest BCUT2D eigenvalue weighted by molar-refractivity contribution is -0.137. The van der Waals surface area contributed by atoms with Crippen molar-refractivity contribution in [3.05, 3.63) is 53.6 Å². The van der Waals surface area contributed by atoms with Crippen molar-refractivity contribution in [2.75, 3.05) is 5.32 Å². The second-order valence-corrected chi connectivity index (χ2v) is 4.93. The molecule has 0 aliphatic heterocycles. The second-order valence-electron chi connectivity index (χ2n) is 4.93. The summed E-state index contributed by atoms with van der Waals surface area (Å²) in [4.78, 5) is 6.99. The molecule has 0 aliphatic rings. The van der Waals surface area contributed by atoms with E-state index in [9.17, 15) is 13.2 Å². The van der Waals surface area contributed by atoms with Gasteiger partial charge in [0, 0.05) is 11.3 Å². The predicted molar refractivity (Wildman–Crippen MR) is 89.1 cm³/mol. The van der Waals surface area contributed by atoms with Gasteiger partial charge in [-0.1, -0.05) is 0 Å². The number of hydrogen-bond donors (Lipinski definition) is 4. The predicted octanol–water partition coefficient (Wildman–Crippen LogP) is 4.03. The first kappa shape index (κ1) is 17.6. The number of nitrogens with one attached hydrogen (secondary N) is 3. The highest BCUT2D eigenvalue weighted by molar-refractivity contribution is 5.95. The molecule has 3 aromatic rings. The Bertz CT molecular complexity index is 871. The van der Waals surface area contributed by atoms with E-state index in [2.05, 4.69) is 15.3 Å². The molecule has 0 aliphatic carbocycles. The third-order valence-electron chi connectivity index (χ3n) is 3.27. The molecule has 0 fully saturated rings. The maximum Gasteiger partial charge on any atom is 0.416 e. The summed E-state index contributed by atoms with van der Waals surface area (Å²) in [6.07, 6.45) is -4.39. The molecule has 5 N–H and O–H groups in total. The minimum atomic E-state index is -4.39. The Balaban J connectivity index is 0.00000208. The minimum Gasteiger partial charge on any atom is -0.384 e. The van der Waals surface area contributed by atoms with Crippen LogP contribution < -0.4 is 11.1 Å². The molecule has 3 rings (SSSR count). The third kappa shape index (κ3) is 3.60. The lowest BCUT2D eigenvalue weighted by Crippen LogP contribution is -2.10. The Labute approximate surface area is 141 Å². The number of hydrogen-bond acceptors (Lipinski definition) is 3. The van der Waals surface area contributed by atoms with Gasteiger partial charge in [0.1, 0.15) is 5.84 Å². The average Bonchev–Trinajstić information content (AvgIpc) is 2.88. The zero-order valence-corrected chi connectivity index (χ0v) is 12.9. The molecule has 1 heterocycles. The van der Waals surface area contributed by atoms with E-state index in [0.29, 0.717) is 28.2 Å². The molecule has 0 amide bonds. The molecule has 0 unspecified atom stereocenters. The summed E-state index contributed by atoms with van der Waals surface area (Å²) in [5.41, 5.74) is 6.61. The van der Waals surface area contributed by atoms with Gasteiger partial charge < -0.3 is 16.0 Å². The molecule has 1 aromatic heterocycles. The number of aromatic nitrogens is 2. The Morgan fingerprint density at radius 1 is 1.12 bits per heavy atom. The molecular weight excluding hydrogens is 343 g/mol. The number of alkyl halides is 3. The van der Waals surface area contributed by atoms with Crippen LogP contribution in [0.1, 0.15) is 11.1 Å². The standard InChI is InChI=1S/C15H12F3N5.ClH/c16-15(17,18)9-3-6-11-12(7-9)23-14(22-11)21-10-4-1-8(2-5-10)13(19)20;/h1-7H,(H3,19,20)(H2,21,22,23);1H. The van der Waals surface area contributed by atoms with Gasteiger partial charge in [-0.25, -0.2) is 4.98 Å². The molecule has 0 atom stereocenters. The number of benzene rings is 2. The Hall–Kier alpha value is -2.74. The average molecular weight is 356 g/mol. The molecule has 2 aromatic carbocycles. The van der Waals surface area contributed by atoms with Crippen molar-refractivity contribution in [3.63, 3.8) is 0 Å². The third-order valence-corrected chi connectivity index (χ3v) is 3.27. The molecular formula is C15H13ClF3N5. The highest BCUT2D eigenvalue weighted by atomic mass is 35.5. The van der Waals surface area contributed by atoms with Crippen molar-refractivity contribution in [3.8, 4) is 0 Å². The Morgan fingerprint density at radius 3 is 2.38 bits per heavy atom. The van der Waals surface area contributed by atoms with Crippen LogP contribution in [0, 0.1) is 5.41 Å². The van der Waals surface area contributed by atoms with Crippen molar-refractivity contribution < 1.29 is 13.2 Å². The van der Waals surface area contributed by atoms with Crippen LogP contribution in [0.3, 0.4) is 0 Å². The normalized spacial score (nSPS) is 11.1. The monoisotopic (exact) mass is 355 g/mol. The molecule has 24 heavy (non-hydrogen) atoms. The van der Waals surface area contributed by atoms with Crippen LogP contribution in [0.2, 0.25) is 0 Å². The molecule has 0 saturated heterocycles. The number of nitrogens with two attached hydrogens (primary N) is 1. The number of nitrogen functional groups attached to an aromatic ring is 1. The van der Waals surface area contributed by atoms with E-state index in [1.807, 2.05) is 0 Å². The van der Waals surface area contributed by atoms with E-state index < -0.39 is 11.7 Å². The summed E-state index contributed by atoms with van der Waals surface area (Å²) in [6.45, 7) is 0. The number of anilines is 2. The Morgan fingerprint density at radius 2 is 1.79 bits per heavy atom. The van der Waals surface area contributed by atoms with Gasteiger partial charge in [-0.15, -0.1) is 12.4 Å². The maximum absolute atomic E-state index is 12.7. The van der Waals surface area contributed by atoms with E-state index in [1.165, 1.54) is 6.07 Å². The number of rotatable bonds is 3. The van der Waals surface area contributed by atoms with Crippen LogP contribution >= 0.6 is 12.4 Å². The minimum absolute atomic E-state index is 0. The van der Waals surface area contributed by atoms with E-state index in [4.69, 9.17) is 11.1 Å². The first-order chi connectivity index (χ1) is 10.8. The van der Waals surface area contributed by atoms with Crippen LogP contribution in [0.4, 0.5) is 24.8 Å². The van der Waals surface area contributed by atoms with Crippen LogP contribution in [0.15, 0.2) is 42.5 Å². The lowest BCUT2D eigenvalue weighted by atomic mass is 10.2. The number of halogens is 4. The summed E-state index contributed by atoms with van der Waals surface area (Å²) in [6, 6.07) is 10.1. The van der Waals surface area contributed by atoms with Gasteiger partial charge in [-0.05, 0) is 42.5 Å². The summed E-state index contributed by atoms with van der Waals surface area (Å²) >= 11 is 0. The smallest absolute Gasteiger partial charge is 0.384 e. The van der Waals surface area contributed by atoms with Crippen molar-refractivity contribution in [2.45, 2.75) is 6.18 Å². The number of amidine groups is 1. The number of aromatic amines is 1. The topological polar surface area (TPSA) is 90.6 Å². The fourth-order valence-corrected chi connectivity index (χ4v) is 2.11. The van der Waals surface area contributed by atoms with Crippen LogP contribution in [0.25, 0.3) is 11.0 Å². The van der Waals surface area contributed by atoms with Gasteiger partial charge in [0.05, 0.1) is 16.6 Å². The van der Waals surface area contributed by atoms with Crippen molar-refractivity contribution in [1.29, 1.82) is 5.41 Å². The molecule has 5 nitrogen and oxygen atoms in total. The Kier molecular flexibility index (Phi) is 4.70. The van der Waals surface area contributed by atoms with E-state index in [-0.39, 0.29) is 18.2 Å². The highest BCUT2D eigenvalue weighted by Crippen LogP contribution is 2.31. The van der Waals surface area contributed by atoms with E-state index in [0.717, 1.165) is 12.1 Å². The van der Waals surface area contributed by atoms with Gasteiger partial charge >= 0.3 is 6.18 Å². The second kappa shape index (κ2) is 6.40. The van der Waals surface area contributed by atoms with Crippen LogP contribution in [-0.2, 0) is 6.18 Å². The molecule has 0 spiro atoms. The van der Waals surface area contributed by atoms with E-state index >= 15 is 0 Å². The summed E-state index contributed by atoms with van der Waals surface area (Å²) in [5, 5.41) is 10.3. The van der Waals surface area contributed by atoms with Crippen molar-refractivity contribution in [2.24, 2.45) is 5.73 Å². The van der Waals surface area contributed by atoms with Gasteiger partial charge in [-0.3, -0.25) is 5.41 Å². The van der Waals surface area contributed by atoms with Crippen molar-refractivity contribution >= 4 is 40.9 Å². The molecule has 126 valence electrons. The molecule has 0 radical (unpaired) electrons. The van der Waals surface area contributed by atoms with Crippen molar-refractivity contribution in [1.82, 2.24) is 9.97 Å². The number of nitrogens with zero attached hydrogens (tertiary/aromatic N) is 1. The van der Waals surface area contributed by atoms with Gasteiger partial charge in [0.15, 0.2) is 0 Å². The van der Waals surface area contributed by atoms with E-state index in [1.54, 1.807) is 24.3 Å². The quantitative estimate of drug-likeness (QED) is 0.422. The number of H-pyrrole nitrogens is 1. The summed E-state index contributed by atoms with van der Waals surface area (Å²) < 4.78 is 38.1. The van der Waals surface area contributed by atoms with Crippen LogP contribution in [-0.4, -0.2) is 15.8 Å². The molecule has 9 heteroatoms. The summed E-state index contributed by atoms with van der Waals surface area (Å²) in [7, 11) is 0. The zero-order chi connectivity index (χ0) is 16.6. The van der Waals surface area contributed by atoms with Gasteiger partial charge in [-0.2, -0.15) is 13.2 Å². The van der Waals surface area contributed by atoms with Gasteiger partial charge in [0.25, 0.3) is 0 Å². The SMILES string of the molecule is Cl.N=C(N)c1ccc(Nc2nc3ccc(C(F)(F)F)cc3[nH]2)cc1.